The van der Waals surface area contributed by atoms with Crippen LogP contribution in [0.15, 0.2) is 59.7 Å². The minimum Gasteiger partial charge on any atom is -0.447 e. The van der Waals surface area contributed by atoms with Crippen molar-refractivity contribution in [2.75, 3.05) is 5.32 Å². The number of hydrogen-bond acceptors (Lipinski definition) is 4. The van der Waals surface area contributed by atoms with Gasteiger partial charge in [-0.05, 0) is 17.7 Å². The number of nitrogens with zero attached hydrogens (tertiary/aromatic N) is 3. The van der Waals surface area contributed by atoms with Gasteiger partial charge in [0, 0.05) is 18.1 Å². The molecule has 96 valence electrons. The zero-order valence-corrected chi connectivity index (χ0v) is 10.4. The van der Waals surface area contributed by atoms with Gasteiger partial charge < -0.3 is 9.73 Å². The van der Waals surface area contributed by atoms with Crippen molar-refractivity contribution < 1.29 is 4.42 Å². The Labute approximate surface area is 110 Å². The van der Waals surface area contributed by atoms with Crippen LogP contribution in [0, 0.1) is 0 Å². The summed E-state index contributed by atoms with van der Waals surface area (Å²) in [5, 5.41) is 7.58. The van der Waals surface area contributed by atoms with E-state index >= 15 is 0 Å². The molecule has 3 aromatic rings. The van der Waals surface area contributed by atoms with Crippen molar-refractivity contribution in [1.82, 2.24) is 14.8 Å². The van der Waals surface area contributed by atoms with Gasteiger partial charge in [0.25, 0.3) is 0 Å². The zero-order valence-electron chi connectivity index (χ0n) is 10.4. The zero-order chi connectivity index (χ0) is 12.9. The fraction of sp³-hybridized carbons (Fsp3) is 0.143. The van der Waals surface area contributed by atoms with Crippen LogP contribution in [-0.4, -0.2) is 14.8 Å². The van der Waals surface area contributed by atoms with Crippen molar-refractivity contribution in [2.45, 2.75) is 13.1 Å². The molecule has 3 rings (SSSR count). The molecule has 5 heteroatoms. The fourth-order valence-electron chi connectivity index (χ4n) is 1.91. The van der Waals surface area contributed by atoms with Gasteiger partial charge in [0.1, 0.15) is 5.76 Å². The molecule has 0 spiro atoms. The van der Waals surface area contributed by atoms with Gasteiger partial charge in [0.05, 0.1) is 19.3 Å². The van der Waals surface area contributed by atoms with E-state index in [-0.39, 0.29) is 0 Å². The molecule has 0 fully saturated rings. The summed E-state index contributed by atoms with van der Waals surface area (Å²) < 4.78 is 7.11. The SMILES string of the molecule is c1ccc(NCc2cnco2)c(Cn2cccn2)c1. The van der Waals surface area contributed by atoms with Crippen LogP contribution in [0.5, 0.6) is 0 Å². The minimum absolute atomic E-state index is 0.621. The number of nitrogens with one attached hydrogen (secondary N) is 1. The van der Waals surface area contributed by atoms with Crippen LogP contribution in [-0.2, 0) is 13.1 Å². The summed E-state index contributed by atoms with van der Waals surface area (Å²) >= 11 is 0. The first-order chi connectivity index (χ1) is 9.42. The van der Waals surface area contributed by atoms with Crippen molar-refractivity contribution in [1.29, 1.82) is 0 Å². The van der Waals surface area contributed by atoms with Crippen molar-refractivity contribution >= 4 is 5.69 Å². The third kappa shape index (κ3) is 2.82. The first-order valence-electron chi connectivity index (χ1n) is 6.08. The van der Waals surface area contributed by atoms with E-state index in [0.717, 1.165) is 18.0 Å². The molecule has 0 aliphatic heterocycles. The number of oxazole rings is 1. The second-order valence-corrected chi connectivity index (χ2v) is 4.18. The lowest BCUT2D eigenvalue weighted by atomic mass is 10.1. The van der Waals surface area contributed by atoms with Crippen molar-refractivity contribution in [3.8, 4) is 0 Å². The number of para-hydroxylation sites is 1. The second-order valence-electron chi connectivity index (χ2n) is 4.18. The van der Waals surface area contributed by atoms with Crippen LogP contribution in [0.3, 0.4) is 0 Å². The maximum Gasteiger partial charge on any atom is 0.180 e. The average Bonchev–Trinajstić information content (AvgIpc) is 3.10. The van der Waals surface area contributed by atoms with Gasteiger partial charge in [-0.2, -0.15) is 5.10 Å². The Morgan fingerprint density at radius 2 is 2.16 bits per heavy atom. The maximum absolute atomic E-state index is 5.21. The standard InChI is InChI=1S/C14H14N4O/c1-2-5-14(16-9-13-8-15-11-19-13)12(4-1)10-18-7-3-6-17-18/h1-8,11,16H,9-10H2. The van der Waals surface area contributed by atoms with Crippen molar-refractivity contribution in [3.05, 3.63) is 66.6 Å². The predicted molar refractivity (Wildman–Crippen MR) is 71.6 cm³/mol. The Kier molecular flexibility index (Phi) is 3.27. The first-order valence-corrected chi connectivity index (χ1v) is 6.08. The molecule has 2 heterocycles. The summed E-state index contributed by atoms with van der Waals surface area (Å²) in [6.07, 6.45) is 6.88. The molecule has 0 aliphatic rings. The molecule has 1 N–H and O–H groups in total. The Morgan fingerprint density at radius 3 is 2.95 bits per heavy atom. The molecule has 0 unspecified atom stereocenters. The quantitative estimate of drug-likeness (QED) is 0.760. The Hall–Kier alpha value is -2.56. The molecular formula is C14H14N4O. The Morgan fingerprint density at radius 1 is 1.21 bits per heavy atom. The van der Waals surface area contributed by atoms with Crippen molar-refractivity contribution in [3.63, 3.8) is 0 Å². The second kappa shape index (κ2) is 5.39. The highest BCUT2D eigenvalue weighted by atomic mass is 16.3. The third-order valence-corrected chi connectivity index (χ3v) is 2.85. The molecule has 0 bridgehead atoms. The van der Waals surface area contributed by atoms with Crippen LogP contribution < -0.4 is 5.32 Å². The fourth-order valence-corrected chi connectivity index (χ4v) is 1.91. The molecular weight excluding hydrogens is 240 g/mol. The van der Waals surface area contributed by atoms with E-state index < -0.39 is 0 Å². The monoisotopic (exact) mass is 254 g/mol. The molecule has 0 saturated heterocycles. The molecule has 5 nitrogen and oxygen atoms in total. The number of aromatic nitrogens is 3. The molecule has 2 aromatic heterocycles. The summed E-state index contributed by atoms with van der Waals surface area (Å²) in [5.41, 5.74) is 2.26. The first kappa shape index (κ1) is 11.5. The van der Waals surface area contributed by atoms with Crippen molar-refractivity contribution in [2.24, 2.45) is 0 Å². The summed E-state index contributed by atoms with van der Waals surface area (Å²) in [5.74, 6) is 0.814. The van der Waals surface area contributed by atoms with E-state index in [0.29, 0.717) is 6.54 Å². The molecule has 0 radical (unpaired) electrons. The lowest BCUT2D eigenvalue weighted by Crippen LogP contribution is -2.05. The molecule has 1 aromatic carbocycles. The van der Waals surface area contributed by atoms with E-state index in [1.165, 1.54) is 12.0 Å². The molecule has 0 saturated carbocycles. The predicted octanol–water partition coefficient (Wildman–Crippen LogP) is 2.53. The average molecular weight is 254 g/mol. The molecule has 0 aliphatic carbocycles. The van der Waals surface area contributed by atoms with Crippen LogP contribution in [0.1, 0.15) is 11.3 Å². The van der Waals surface area contributed by atoms with Gasteiger partial charge in [0.15, 0.2) is 6.39 Å². The summed E-state index contributed by atoms with van der Waals surface area (Å²) in [6, 6.07) is 10.1. The lowest BCUT2D eigenvalue weighted by Gasteiger charge is -2.11. The van der Waals surface area contributed by atoms with Gasteiger partial charge >= 0.3 is 0 Å². The minimum atomic E-state index is 0.621. The van der Waals surface area contributed by atoms with Gasteiger partial charge in [-0.1, -0.05) is 18.2 Å². The molecule has 19 heavy (non-hydrogen) atoms. The third-order valence-electron chi connectivity index (χ3n) is 2.85. The van der Waals surface area contributed by atoms with Crippen LogP contribution in [0.25, 0.3) is 0 Å². The normalized spacial score (nSPS) is 10.5. The van der Waals surface area contributed by atoms with Crippen LogP contribution in [0.2, 0.25) is 0 Å². The van der Waals surface area contributed by atoms with E-state index in [2.05, 4.69) is 27.5 Å². The lowest BCUT2D eigenvalue weighted by molar-refractivity contribution is 0.511. The van der Waals surface area contributed by atoms with Crippen LogP contribution >= 0.6 is 0 Å². The smallest absolute Gasteiger partial charge is 0.180 e. The summed E-state index contributed by atoms with van der Waals surface area (Å²) in [7, 11) is 0. The Balaban J connectivity index is 1.73. The van der Waals surface area contributed by atoms with E-state index in [9.17, 15) is 0 Å². The van der Waals surface area contributed by atoms with Gasteiger partial charge in [-0.25, -0.2) is 4.98 Å². The van der Waals surface area contributed by atoms with Crippen LogP contribution in [0.4, 0.5) is 5.69 Å². The number of benzene rings is 1. The van der Waals surface area contributed by atoms with E-state index in [4.69, 9.17) is 4.42 Å². The van der Waals surface area contributed by atoms with E-state index in [1.807, 2.05) is 29.1 Å². The van der Waals surface area contributed by atoms with Gasteiger partial charge in [0.2, 0.25) is 0 Å². The summed E-state index contributed by atoms with van der Waals surface area (Å²) in [4.78, 5) is 3.90. The highest BCUT2D eigenvalue weighted by Gasteiger charge is 2.03. The highest BCUT2D eigenvalue weighted by molar-refractivity contribution is 5.51. The summed E-state index contributed by atoms with van der Waals surface area (Å²) in [6.45, 7) is 1.36. The number of rotatable bonds is 5. The van der Waals surface area contributed by atoms with E-state index in [1.54, 1.807) is 12.4 Å². The van der Waals surface area contributed by atoms with Gasteiger partial charge in [-0.3, -0.25) is 4.68 Å². The molecule has 0 atom stereocenters. The van der Waals surface area contributed by atoms with Gasteiger partial charge in [-0.15, -0.1) is 0 Å². The highest BCUT2D eigenvalue weighted by Crippen LogP contribution is 2.17. The number of hydrogen-bond donors (Lipinski definition) is 1. The maximum atomic E-state index is 5.21. The Bertz CT molecular complexity index is 617. The number of anilines is 1. The largest absolute Gasteiger partial charge is 0.447 e. The molecule has 0 amide bonds. The topological polar surface area (TPSA) is 55.9 Å².